The van der Waals surface area contributed by atoms with Crippen molar-refractivity contribution in [3.63, 3.8) is 0 Å². The molecule has 1 aromatic rings. The van der Waals surface area contributed by atoms with Crippen LogP contribution in [0.3, 0.4) is 0 Å². The van der Waals surface area contributed by atoms with Crippen LogP contribution in [0.4, 0.5) is 5.69 Å². The van der Waals surface area contributed by atoms with Crippen molar-refractivity contribution < 1.29 is 13.2 Å². The largest absolute Gasteiger partial charge is 0.497 e. The quantitative estimate of drug-likeness (QED) is 0.769. The number of likely N-dealkylation sites (tertiary alicyclic amines) is 1. The van der Waals surface area contributed by atoms with Gasteiger partial charge in [0, 0.05) is 49.9 Å². The van der Waals surface area contributed by atoms with E-state index in [-0.39, 0.29) is 17.2 Å². The second-order valence-electron chi connectivity index (χ2n) is 8.43. The monoisotopic (exact) mass is 393 g/mol. The SMILES string of the molecule is COc1ccc(N2CCC(N3C[C@H]4[C@H](N(C)C)CS(=O)(=O)[C@H]4C3)CC2)cc1. The van der Waals surface area contributed by atoms with E-state index in [1.807, 2.05) is 26.2 Å². The van der Waals surface area contributed by atoms with E-state index in [9.17, 15) is 8.42 Å². The average molecular weight is 394 g/mol. The standard InChI is InChI=1S/C20H31N3O3S/c1-21(2)19-14-27(24,25)20-13-23(12-18(19)20)16-8-10-22(11-9-16)15-4-6-17(26-3)7-5-15/h4-7,16,18-20H,8-14H2,1-3H3/t18-,19+,20-/m0/s1. The molecule has 3 heterocycles. The second kappa shape index (κ2) is 7.26. The zero-order chi connectivity index (χ0) is 19.2. The first-order valence-corrected chi connectivity index (χ1v) is 11.6. The Kier molecular flexibility index (Phi) is 5.12. The van der Waals surface area contributed by atoms with Gasteiger partial charge in [0.2, 0.25) is 0 Å². The highest BCUT2D eigenvalue weighted by molar-refractivity contribution is 7.92. The van der Waals surface area contributed by atoms with Crippen LogP contribution in [-0.2, 0) is 9.84 Å². The second-order valence-corrected chi connectivity index (χ2v) is 10.7. The van der Waals surface area contributed by atoms with Crippen LogP contribution in [0.5, 0.6) is 5.75 Å². The van der Waals surface area contributed by atoms with Crippen LogP contribution in [0.15, 0.2) is 24.3 Å². The van der Waals surface area contributed by atoms with Crippen LogP contribution in [0.1, 0.15) is 12.8 Å². The molecule has 0 amide bonds. The summed E-state index contributed by atoms with van der Waals surface area (Å²) in [5, 5.41) is -0.162. The van der Waals surface area contributed by atoms with Crippen molar-refractivity contribution in [2.24, 2.45) is 5.92 Å². The van der Waals surface area contributed by atoms with E-state index in [4.69, 9.17) is 4.74 Å². The summed E-state index contributed by atoms with van der Waals surface area (Å²) >= 11 is 0. The predicted molar refractivity (Wildman–Crippen MR) is 108 cm³/mol. The summed E-state index contributed by atoms with van der Waals surface area (Å²) in [6, 6.07) is 8.93. The van der Waals surface area contributed by atoms with Crippen molar-refractivity contribution in [2.75, 3.05) is 58.0 Å². The van der Waals surface area contributed by atoms with Crippen molar-refractivity contribution in [1.82, 2.24) is 9.80 Å². The molecule has 1 aromatic carbocycles. The predicted octanol–water partition coefficient (Wildman–Crippen LogP) is 1.32. The van der Waals surface area contributed by atoms with Gasteiger partial charge in [-0.05, 0) is 51.2 Å². The number of anilines is 1. The van der Waals surface area contributed by atoms with Gasteiger partial charge in [0.1, 0.15) is 5.75 Å². The number of piperidine rings is 1. The lowest BCUT2D eigenvalue weighted by atomic mass is 9.99. The molecule has 0 aromatic heterocycles. The lowest BCUT2D eigenvalue weighted by molar-refractivity contribution is 0.179. The smallest absolute Gasteiger partial charge is 0.156 e. The molecule has 3 aliphatic heterocycles. The first kappa shape index (κ1) is 19.0. The van der Waals surface area contributed by atoms with Gasteiger partial charge in [0.15, 0.2) is 9.84 Å². The van der Waals surface area contributed by atoms with Gasteiger partial charge in [-0.2, -0.15) is 0 Å². The molecule has 3 saturated heterocycles. The third-order valence-corrected chi connectivity index (χ3v) is 9.00. The van der Waals surface area contributed by atoms with E-state index in [2.05, 4.69) is 26.8 Å². The van der Waals surface area contributed by atoms with E-state index in [1.54, 1.807) is 7.11 Å². The van der Waals surface area contributed by atoms with Crippen molar-refractivity contribution in [1.29, 1.82) is 0 Å². The van der Waals surface area contributed by atoms with Gasteiger partial charge in [-0.25, -0.2) is 8.42 Å². The summed E-state index contributed by atoms with van der Waals surface area (Å²) in [7, 11) is 2.76. The maximum Gasteiger partial charge on any atom is 0.156 e. The van der Waals surface area contributed by atoms with Gasteiger partial charge in [-0.15, -0.1) is 0 Å². The molecule has 7 heteroatoms. The topological polar surface area (TPSA) is 53.1 Å². The van der Waals surface area contributed by atoms with Crippen LogP contribution < -0.4 is 9.64 Å². The molecule has 6 nitrogen and oxygen atoms in total. The molecule has 27 heavy (non-hydrogen) atoms. The molecule has 0 radical (unpaired) electrons. The lowest BCUT2D eigenvalue weighted by Crippen LogP contribution is -2.46. The number of hydrogen-bond acceptors (Lipinski definition) is 6. The highest BCUT2D eigenvalue weighted by Crippen LogP contribution is 2.38. The molecule has 0 N–H and O–H groups in total. The Morgan fingerprint density at radius 3 is 2.33 bits per heavy atom. The molecule has 4 rings (SSSR count). The number of nitrogens with zero attached hydrogens (tertiary/aromatic N) is 3. The molecule has 3 fully saturated rings. The van der Waals surface area contributed by atoms with Gasteiger partial charge in [-0.3, -0.25) is 4.90 Å². The summed E-state index contributed by atoms with van der Waals surface area (Å²) in [5.41, 5.74) is 1.24. The first-order chi connectivity index (χ1) is 12.9. The van der Waals surface area contributed by atoms with Gasteiger partial charge in [0.05, 0.1) is 18.1 Å². The van der Waals surface area contributed by atoms with Crippen LogP contribution >= 0.6 is 0 Å². The fourth-order valence-electron chi connectivity index (χ4n) is 5.18. The minimum absolute atomic E-state index is 0.162. The maximum atomic E-state index is 12.6. The number of methoxy groups -OCH3 is 1. The number of fused-ring (bicyclic) bond motifs is 1. The molecule has 0 unspecified atom stereocenters. The van der Waals surface area contributed by atoms with Crippen molar-refractivity contribution >= 4 is 15.5 Å². The summed E-state index contributed by atoms with van der Waals surface area (Å²) < 4.78 is 30.4. The van der Waals surface area contributed by atoms with Crippen LogP contribution in [-0.4, -0.2) is 88.7 Å². The summed E-state index contributed by atoms with van der Waals surface area (Å²) in [6.45, 7) is 3.70. The third-order valence-electron chi connectivity index (χ3n) is 6.78. The lowest BCUT2D eigenvalue weighted by Gasteiger charge is -2.38. The van der Waals surface area contributed by atoms with Gasteiger partial charge < -0.3 is 14.5 Å². The molecule has 3 aliphatic rings. The van der Waals surface area contributed by atoms with Crippen LogP contribution in [0, 0.1) is 5.92 Å². The van der Waals surface area contributed by atoms with E-state index < -0.39 is 9.84 Å². The van der Waals surface area contributed by atoms with E-state index in [0.29, 0.717) is 11.8 Å². The molecule has 0 aliphatic carbocycles. The highest BCUT2D eigenvalue weighted by Gasteiger charge is 2.53. The number of sulfone groups is 1. The van der Waals surface area contributed by atoms with Gasteiger partial charge in [-0.1, -0.05) is 0 Å². The minimum atomic E-state index is -2.96. The number of hydrogen-bond donors (Lipinski definition) is 0. The van der Waals surface area contributed by atoms with Crippen molar-refractivity contribution in [3.05, 3.63) is 24.3 Å². The Morgan fingerprint density at radius 1 is 1.07 bits per heavy atom. The Hall–Kier alpha value is -1.31. The average Bonchev–Trinajstić information content (AvgIpc) is 3.21. The number of benzene rings is 1. The molecule has 150 valence electrons. The van der Waals surface area contributed by atoms with E-state index in [0.717, 1.165) is 44.8 Å². The zero-order valence-corrected chi connectivity index (χ0v) is 17.4. The number of ether oxygens (including phenoxy) is 1. The van der Waals surface area contributed by atoms with Gasteiger partial charge in [0.25, 0.3) is 0 Å². The fourth-order valence-corrected chi connectivity index (χ4v) is 7.66. The Morgan fingerprint density at radius 2 is 1.74 bits per heavy atom. The third kappa shape index (κ3) is 3.57. The first-order valence-electron chi connectivity index (χ1n) is 9.90. The van der Waals surface area contributed by atoms with Crippen molar-refractivity contribution in [3.8, 4) is 5.75 Å². The Bertz CT molecular complexity index is 757. The highest BCUT2D eigenvalue weighted by atomic mass is 32.2. The van der Waals surface area contributed by atoms with Crippen LogP contribution in [0.2, 0.25) is 0 Å². The summed E-state index contributed by atoms with van der Waals surface area (Å²) in [6.07, 6.45) is 2.19. The zero-order valence-electron chi connectivity index (χ0n) is 16.5. The Balaban J connectivity index is 1.38. The molecule has 0 spiro atoms. The molecule has 0 bridgehead atoms. The molecule has 3 atom stereocenters. The van der Waals surface area contributed by atoms with Crippen LogP contribution in [0.25, 0.3) is 0 Å². The molecule has 0 saturated carbocycles. The number of rotatable bonds is 4. The summed E-state index contributed by atoms with van der Waals surface area (Å²) in [5.74, 6) is 1.48. The summed E-state index contributed by atoms with van der Waals surface area (Å²) in [4.78, 5) is 7.00. The molecular formula is C20H31N3O3S. The molecular weight excluding hydrogens is 362 g/mol. The maximum absolute atomic E-state index is 12.6. The van der Waals surface area contributed by atoms with E-state index >= 15 is 0 Å². The Labute approximate surface area is 163 Å². The van der Waals surface area contributed by atoms with Crippen molar-refractivity contribution in [2.45, 2.75) is 30.2 Å². The van der Waals surface area contributed by atoms with E-state index in [1.165, 1.54) is 5.69 Å². The normalized spacial score (nSPS) is 31.4. The van der Waals surface area contributed by atoms with Gasteiger partial charge >= 0.3 is 0 Å². The minimum Gasteiger partial charge on any atom is -0.497 e. The fraction of sp³-hybridized carbons (Fsp3) is 0.700.